The van der Waals surface area contributed by atoms with Gasteiger partial charge in [0.1, 0.15) is 15.8 Å². The number of rotatable bonds is 4. The smallest absolute Gasteiger partial charge is 0.299 e. The van der Waals surface area contributed by atoms with Crippen molar-refractivity contribution in [3.05, 3.63) is 53.4 Å². The highest BCUT2D eigenvalue weighted by molar-refractivity contribution is 7.90. The van der Waals surface area contributed by atoms with Crippen LogP contribution in [0.2, 0.25) is 5.15 Å². The Morgan fingerprint density at radius 1 is 1.25 bits per heavy atom. The molecule has 5 nitrogen and oxygen atoms in total. The summed E-state index contributed by atoms with van der Waals surface area (Å²) >= 11 is 5.77. The molecule has 1 aromatic heterocycles. The highest BCUT2D eigenvalue weighted by Gasteiger charge is 2.64. The van der Waals surface area contributed by atoms with Crippen molar-refractivity contribution in [2.24, 2.45) is 16.5 Å². The zero-order chi connectivity index (χ0) is 20.6. The Hall–Kier alpha value is -1.42. The fourth-order valence-electron chi connectivity index (χ4n) is 4.20. The van der Waals surface area contributed by atoms with Crippen LogP contribution < -0.4 is 5.14 Å². The van der Waals surface area contributed by atoms with Gasteiger partial charge in [-0.25, -0.2) is 18.5 Å². The first-order valence-corrected chi connectivity index (χ1v) is 10.8. The quantitative estimate of drug-likeness (QED) is 0.736. The second kappa shape index (κ2) is 7.78. The molecule has 154 valence electrons. The molecule has 2 heterocycles. The summed E-state index contributed by atoms with van der Waals surface area (Å²) in [5, 5.41) is 3.75. The van der Waals surface area contributed by atoms with E-state index in [0.717, 1.165) is 17.7 Å². The van der Waals surface area contributed by atoms with Crippen LogP contribution in [0.3, 0.4) is 0 Å². The van der Waals surface area contributed by atoms with Crippen LogP contribution in [-0.2, 0) is 16.6 Å². The van der Waals surface area contributed by atoms with Gasteiger partial charge in [0.2, 0.25) is 10.0 Å². The lowest BCUT2D eigenvalue weighted by atomic mass is 9.66. The SMILES string of the molecule is NS(=O)(=O)C1C=CC=CC1(C1CCN(Cc2ccc(Cl)nc2)CC1)C(F)(F)F. The van der Waals surface area contributed by atoms with Gasteiger partial charge in [0.15, 0.2) is 0 Å². The summed E-state index contributed by atoms with van der Waals surface area (Å²) < 4.78 is 66.6. The molecule has 2 aliphatic rings. The van der Waals surface area contributed by atoms with Crippen LogP contribution in [0.4, 0.5) is 13.2 Å². The Morgan fingerprint density at radius 3 is 2.46 bits per heavy atom. The number of piperidine rings is 1. The van der Waals surface area contributed by atoms with Crippen LogP contribution in [0, 0.1) is 11.3 Å². The molecule has 1 aliphatic heterocycles. The molecule has 28 heavy (non-hydrogen) atoms. The van der Waals surface area contributed by atoms with E-state index in [9.17, 15) is 21.6 Å². The van der Waals surface area contributed by atoms with Crippen LogP contribution in [0.5, 0.6) is 0 Å². The summed E-state index contributed by atoms with van der Waals surface area (Å²) in [6, 6.07) is 3.49. The third-order valence-corrected chi connectivity index (χ3v) is 7.02. The monoisotopic (exact) mass is 435 g/mol. The maximum absolute atomic E-state index is 14.2. The first kappa shape index (κ1) is 21.3. The van der Waals surface area contributed by atoms with Gasteiger partial charge in [-0.15, -0.1) is 0 Å². The maximum Gasteiger partial charge on any atom is 0.399 e. The first-order chi connectivity index (χ1) is 13.0. The summed E-state index contributed by atoms with van der Waals surface area (Å²) in [5.41, 5.74) is -1.60. The molecule has 0 spiro atoms. The van der Waals surface area contributed by atoms with Crippen molar-refractivity contribution in [3.8, 4) is 0 Å². The molecule has 0 bridgehead atoms. The average Bonchev–Trinajstić information content (AvgIpc) is 2.62. The second-order valence-corrected chi connectivity index (χ2v) is 9.30. The number of likely N-dealkylation sites (tertiary alicyclic amines) is 1. The van der Waals surface area contributed by atoms with Gasteiger partial charge in [0.25, 0.3) is 0 Å². The molecular formula is C18H21ClF3N3O2S. The van der Waals surface area contributed by atoms with Crippen molar-refractivity contribution in [1.82, 2.24) is 9.88 Å². The van der Waals surface area contributed by atoms with E-state index < -0.39 is 32.8 Å². The standard InChI is InChI=1S/C18H21ClF3N3O2S/c19-16-5-4-13(11-24-16)12-25-9-6-14(7-10-25)17(18(20,21)22)8-2-1-3-15(17)28(23,26)27/h1-5,8,11,14-15H,6-7,9-10,12H2,(H2,23,26,27). The van der Waals surface area contributed by atoms with Crippen molar-refractivity contribution in [2.45, 2.75) is 30.8 Å². The highest BCUT2D eigenvalue weighted by atomic mass is 35.5. The molecule has 1 aliphatic carbocycles. The van der Waals surface area contributed by atoms with Gasteiger partial charge in [-0.2, -0.15) is 13.2 Å². The lowest BCUT2D eigenvalue weighted by Crippen LogP contribution is -2.57. The number of primary sulfonamides is 1. The fraction of sp³-hybridized carbons (Fsp3) is 0.500. The van der Waals surface area contributed by atoms with Crippen molar-refractivity contribution < 1.29 is 21.6 Å². The van der Waals surface area contributed by atoms with Gasteiger partial charge in [0, 0.05) is 12.7 Å². The highest BCUT2D eigenvalue weighted by Crippen LogP contribution is 2.54. The number of allylic oxidation sites excluding steroid dienone is 3. The minimum absolute atomic E-state index is 0.213. The lowest BCUT2D eigenvalue weighted by Gasteiger charge is -2.47. The molecule has 0 saturated carbocycles. The lowest BCUT2D eigenvalue weighted by molar-refractivity contribution is -0.225. The van der Waals surface area contributed by atoms with Crippen LogP contribution in [-0.4, -0.2) is 42.8 Å². The van der Waals surface area contributed by atoms with Crippen LogP contribution in [0.1, 0.15) is 18.4 Å². The molecule has 3 rings (SSSR count). The fourth-order valence-corrected chi connectivity index (χ4v) is 5.57. The van der Waals surface area contributed by atoms with Crippen molar-refractivity contribution in [2.75, 3.05) is 13.1 Å². The van der Waals surface area contributed by atoms with Gasteiger partial charge in [-0.3, -0.25) is 4.90 Å². The van der Waals surface area contributed by atoms with Gasteiger partial charge < -0.3 is 0 Å². The number of halogens is 4. The van der Waals surface area contributed by atoms with Gasteiger partial charge in [0.05, 0.1) is 0 Å². The second-order valence-electron chi connectivity index (χ2n) is 7.22. The average molecular weight is 436 g/mol. The number of hydrogen-bond donors (Lipinski definition) is 1. The molecular weight excluding hydrogens is 415 g/mol. The number of hydrogen-bond acceptors (Lipinski definition) is 4. The van der Waals surface area contributed by atoms with Crippen molar-refractivity contribution in [3.63, 3.8) is 0 Å². The van der Waals surface area contributed by atoms with E-state index in [1.807, 2.05) is 11.0 Å². The number of nitrogens with zero attached hydrogens (tertiary/aromatic N) is 2. The summed E-state index contributed by atoms with van der Waals surface area (Å²) in [6.07, 6.45) is 1.92. The Balaban J connectivity index is 1.80. The van der Waals surface area contributed by atoms with Gasteiger partial charge in [-0.1, -0.05) is 42.0 Å². The van der Waals surface area contributed by atoms with Gasteiger partial charge in [-0.05, 0) is 43.5 Å². The largest absolute Gasteiger partial charge is 0.399 e. The molecule has 0 radical (unpaired) electrons. The summed E-state index contributed by atoms with van der Waals surface area (Å²) in [5.74, 6) is -0.878. The number of sulfonamides is 1. The number of nitrogens with two attached hydrogens (primary N) is 1. The molecule has 10 heteroatoms. The van der Waals surface area contributed by atoms with Crippen LogP contribution >= 0.6 is 11.6 Å². The first-order valence-electron chi connectivity index (χ1n) is 8.81. The summed E-state index contributed by atoms with van der Waals surface area (Å²) in [6.45, 7) is 1.38. The molecule has 1 aromatic rings. The van der Waals surface area contributed by atoms with Crippen molar-refractivity contribution >= 4 is 21.6 Å². The predicted molar refractivity (Wildman–Crippen MR) is 101 cm³/mol. The van der Waals surface area contributed by atoms with Gasteiger partial charge >= 0.3 is 6.18 Å². The number of alkyl halides is 3. The topological polar surface area (TPSA) is 76.3 Å². The molecule has 1 fully saturated rings. The zero-order valence-corrected chi connectivity index (χ0v) is 16.5. The summed E-state index contributed by atoms with van der Waals surface area (Å²) in [4.78, 5) is 6.03. The normalized spacial score (nSPS) is 27.2. The third kappa shape index (κ3) is 4.12. The molecule has 1 saturated heterocycles. The van der Waals surface area contributed by atoms with E-state index >= 15 is 0 Å². The van der Waals surface area contributed by atoms with E-state index in [-0.39, 0.29) is 12.8 Å². The van der Waals surface area contributed by atoms with E-state index in [4.69, 9.17) is 16.7 Å². The Bertz CT molecular complexity index is 863. The zero-order valence-electron chi connectivity index (χ0n) is 14.9. The van der Waals surface area contributed by atoms with Crippen LogP contribution in [0.25, 0.3) is 0 Å². The molecule has 2 atom stereocenters. The van der Waals surface area contributed by atoms with E-state index in [1.165, 1.54) is 12.2 Å². The Morgan fingerprint density at radius 2 is 1.93 bits per heavy atom. The van der Waals surface area contributed by atoms with E-state index in [1.54, 1.807) is 12.3 Å². The Kier molecular flexibility index (Phi) is 5.91. The van der Waals surface area contributed by atoms with E-state index in [2.05, 4.69) is 4.98 Å². The molecule has 2 unspecified atom stereocenters. The van der Waals surface area contributed by atoms with Crippen LogP contribution in [0.15, 0.2) is 42.6 Å². The minimum atomic E-state index is -4.74. The molecule has 2 N–H and O–H groups in total. The number of pyridine rings is 1. The number of aromatic nitrogens is 1. The maximum atomic E-state index is 14.2. The summed E-state index contributed by atoms with van der Waals surface area (Å²) in [7, 11) is -4.42. The Labute approximate surface area is 167 Å². The minimum Gasteiger partial charge on any atom is -0.299 e. The molecule has 0 amide bonds. The molecule has 0 aromatic carbocycles. The predicted octanol–water partition coefficient (Wildman–Crippen LogP) is 3.28. The van der Waals surface area contributed by atoms with E-state index in [0.29, 0.717) is 24.8 Å². The van der Waals surface area contributed by atoms with Crippen molar-refractivity contribution in [1.29, 1.82) is 0 Å². The third-order valence-electron chi connectivity index (χ3n) is 5.54.